The van der Waals surface area contributed by atoms with Gasteiger partial charge >= 0.3 is 31.7 Å². The zero-order valence-electron chi connectivity index (χ0n) is 75.6. The van der Waals surface area contributed by atoms with Gasteiger partial charge < -0.3 is 88.7 Å². The second kappa shape index (κ2) is 72.2. The Morgan fingerprint density at radius 1 is 0.350 bits per heavy atom. The summed E-state index contributed by atoms with van der Waals surface area (Å²) in [5, 5.41) is 102. The van der Waals surface area contributed by atoms with Crippen LogP contribution in [0.25, 0.3) is 0 Å². The molecule has 3 fully saturated rings. The molecule has 120 heavy (non-hydrogen) atoms. The number of phosphoric acid groups is 1. The molecule has 3 rings (SSSR count). The Labute approximate surface area is 724 Å². The average Bonchev–Trinajstić information content (AvgIpc) is 0.753. The molecule has 0 aromatic rings. The largest absolute Gasteiger partial charge is 0.472 e. The summed E-state index contributed by atoms with van der Waals surface area (Å²) in [6.07, 6.45) is 30.5. The minimum Gasteiger partial charge on any atom is -0.463 e. The highest BCUT2D eigenvalue weighted by atomic mass is 31.2. The molecule has 1 aliphatic carbocycles. The molecule has 0 aromatic heterocycles. The Balaban J connectivity index is 1.92. The predicted molar refractivity (Wildman–Crippen MR) is 467 cm³/mol. The van der Waals surface area contributed by atoms with Gasteiger partial charge in [0.2, 0.25) is 0 Å². The van der Waals surface area contributed by atoms with Gasteiger partial charge in [0.15, 0.2) is 24.8 Å². The molecule has 2 heterocycles. The molecule has 3 aliphatic rings. The van der Waals surface area contributed by atoms with Gasteiger partial charge in [0.25, 0.3) is 0 Å². The molecule has 706 valence electrons. The van der Waals surface area contributed by atoms with Crippen LogP contribution in [0.2, 0.25) is 0 Å². The minimum absolute atomic E-state index is 0.00456. The summed E-state index contributed by atoms with van der Waals surface area (Å²) in [5.74, 6) is -2.28. The highest BCUT2D eigenvalue weighted by molar-refractivity contribution is 7.47. The lowest BCUT2D eigenvalue weighted by Crippen LogP contribution is -2.70. The van der Waals surface area contributed by atoms with Gasteiger partial charge in [-0.1, -0.05) is 361 Å². The second-order valence-corrected chi connectivity index (χ2v) is 36.6. The van der Waals surface area contributed by atoms with E-state index >= 15 is 0 Å². The zero-order valence-corrected chi connectivity index (χ0v) is 76.4. The summed E-state index contributed by atoms with van der Waals surface area (Å²) in [5.41, 5.74) is 0. The van der Waals surface area contributed by atoms with Crippen LogP contribution in [0.5, 0.6) is 0 Å². The fraction of sp³-hybridized carbons (Fsp3) is 0.936. The predicted octanol–water partition coefficient (Wildman–Crippen LogP) is 18.6. The van der Waals surface area contributed by atoms with Crippen molar-refractivity contribution < 1.29 is 122 Å². The Morgan fingerprint density at radius 3 is 1.08 bits per heavy atom. The number of carbonyl (C=O) groups is 4. The molecule has 2 aliphatic heterocycles. The first-order valence-electron chi connectivity index (χ1n) is 48.8. The number of phosphoric ester groups is 1. The van der Waals surface area contributed by atoms with Gasteiger partial charge in [-0.05, 0) is 57.3 Å². The average molecular weight is 1740 g/mol. The van der Waals surface area contributed by atoms with Crippen LogP contribution in [0.4, 0.5) is 0 Å². The Bertz CT molecular complexity index is 2550. The molecule has 19 unspecified atom stereocenters. The summed E-state index contributed by atoms with van der Waals surface area (Å²) in [6, 6.07) is 0. The van der Waals surface area contributed by atoms with Gasteiger partial charge in [0, 0.05) is 25.7 Å². The second-order valence-electron chi connectivity index (χ2n) is 35.2. The molecule has 0 bridgehead atoms. The summed E-state index contributed by atoms with van der Waals surface area (Å²) >= 11 is 0. The van der Waals surface area contributed by atoms with Crippen LogP contribution < -0.4 is 0 Å². The lowest BCUT2D eigenvalue weighted by atomic mass is 9.84. The van der Waals surface area contributed by atoms with E-state index in [1.54, 1.807) is 0 Å². The van der Waals surface area contributed by atoms with Crippen molar-refractivity contribution in [1.82, 2.24) is 0 Å². The molecule has 26 heteroatoms. The van der Waals surface area contributed by atoms with Gasteiger partial charge in [-0.2, -0.15) is 0 Å². The van der Waals surface area contributed by atoms with Gasteiger partial charge in [-0.25, -0.2) is 4.57 Å². The molecule has 0 amide bonds. The third-order valence-electron chi connectivity index (χ3n) is 24.2. The van der Waals surface area contributed by atoms with Gasteiger partial charge in [-0.3, -0.25) is 28.2 Å². The van der Waals surface area contributed by atoms with Crippen molar-refractivity contribution in [2.45, 2.75) is 530 Å². The molecule has 0 aromatic carbocycles. The zero-order chi connectivity index (χ0) is 87.6. The molecular formula is C94H175O25P. The van der Waals surface area contributed by atoms with E-state index < -0.39 is 162 Å². The lowest BCUT2D eigenvalue weighted by molar-refractivity contribution is -0.360. The standard InChI is InChI=1S/C94H175O25P/c1-6-10-14-18-22-25-28-31-33-35-38-41-44-47-55-61-67-79(98)113-74(70-110-77(96)65-59-54-50-49-52-58-64-73(5)63-57-51-21-17-13-9-4)71-112-120(108,109)119-92-90(117-93-87(106)83(102)81(100)75(69-95)114-93)86(105)85(104)89(116-80(99)68-62-56-48-45-42-39-36-34-32-29-26-23-19-15-11-7-2)91(92)118-94-88(107)84(103)82(101)76(115-94)72-111-78(97)66-60-53-46-43-40-37-30-27-24-20-16-12-8-3/h37,40,73-76,81-95,100-107H,6-36,38-39,41-72H2,1-5H3,(H,108,109)/b40-37-. The van der Waals surface area contributed by atoms with E-state index in [2.05, 4.69) is 46.8 Å². The fourth-order valence-electron chi connectivity index (χ4n) is 16.3. The van der Waals surface area contributed by atoms with E-state index in [1.807, 2.05) is 0 Å². The third-order valence-corrected chi connectivity index (χ3v) is 25.2. The first-order valence-corrected chi connectivity index (χ1v) is 50.3. The van der Waals surface area contributed by atoms with Gasteiger partial charge in [0.1, 0.15) is 92.6 Å². The summed E-state index contributed by atoms with van der Waals surface area (Å²) in [4.78, 5) is 66.6. The Kier molecular flexibility index (Phi) is 67.0. The number of ether oxygens (including phenoxy) is 8. The maximum atomic E-state index is 14.9. The van der Waals surface area contributed by atoms with Crippen molar-refractivity contribution in [2.75, 3.05) is 26.4 Å². The number of allylic oxidation sites excluding steroid dienone is 2. The molecule has 0 spiro atoms. The van der Waals surface area contributed by atoms with E-state index in [1.165, 1.54) is 205 Å². The van der Waals surface area contributed by atoms with Crippen molar-refractivity contribution in [1.29, 1.82) is 0 Å². The van der Waals surface area contributed by atoms with Crippen LogP contribution in [-0.2, 0) is 70.7 Å². The maximum absolute atomic E-state index is 14.9. The fourth-order valence-corrected chi connectivity index (χ4v) is 17.3. The number of aliphatic hydroxyl groups is 9. The minimum atomic E-state index is -5.81. The third kappa shape index (κ3) is 51.9. The van der Waals surface area contributed by atoms with Crippen LogP contribution >= 0.6 is 7.82 Å². The van der Waals surface area contributed by atoms with E-state index in [9.17, 15) is 74.6 Å². The molecule has 10 N–H and O–H groups in total. The van der Waals surface area contributed by atoms with Crippen molar-refractivity contribution in [2.24, 2.45) is 5.92 Å². The summed E-state index contributed by atoms with van der Waals surface area (Å²) in [7, 11) is -5.81. The normalized spacial score (nSPS) is 25.0. The molecular weight excluding hydrogens is 1560 g/mol. The molecule has 25 nitrogen and oxygen atoms in total. The molecule has 19 atom stereocenters. The Morgan fingerprint density at radius 2 is 0.675 bits per heavy atom. The van der Waals surface area contributed by atoms with E-state index in [0.717, 1.165) is 122 Å². The topological polar surface area (TPSA) is 380 Å². The maximum Gasteiger partial charge on any atom is 0.472 e. The highest BCUT2D eigenvalue weighted by Crippen LogP contribution is 2.49. The quantitative estimate of drug-likeness (QED) is 0.00889. The number of rotatable bonds is 79. The van der Waals surface area contributed by atoms with Crippen molar-refractivity contribution in [3.63, 3.8) is 0 Å². The van der Waals surface area contributed by atoms with E-state index in [4.69, 9.17) is 46.9 Å². The Hall–Kier alpha value is -2.79. The van der Waals surface area contributed by atoms with Crippen LogP contribution in [0, 0.1) is 5.92 Å². The molecule has 0 radical (unpaired) electrons. The summed E-state index contributed by atoms with van der Waals surface area (Å²) in [6.45, 7) is 7.96. The van der Waals surface area contributed by atoms with Gasteiger partial charge in [-0.15, -0.1) is 0 Å². The highest BCUT2D eigenvalue weighted by Gasteiger charge is 2.60. The number of esters is 4. The lowest BCUT2D eigenvalue weighted by Gasteiger charge is -2.50. The smallest absolute Gasteiger partial charge is 0.463 e. The van der Waals surface area contributed by atoms with Crippen LogP contribution in [0.3, 0.4) is 0 Å². The van der Waals surface area contributed by atoms with Gasteiger partial charge in [0.05, 0.1) is 13.2 Å². The first kappa shape index (κ1) is 111. The number of aliphatic hydroxyl groups excluding tert-OH is 9. The SMILES string of the molecule is CCCCCCCC/C=C\CCCCCC(=O)OCC1OC(OC2C(OC(=O)CCCCCCCCCCCCCCCCCC)C(O)C(O)C(OC3OC(CO)C(O)C(O)C3O)C2OP(=O)(O)OCC(COC(=O)CCCCCCCCC(C)CCCCCCCC)OC(=O)CCCCCCCCCCCCCCCCCC)C(O)C(O)C1O. The number of unbranched alkanes of at least 4 members (excludes halogenated alkanes) is 49. The van der Waals surface area contributed by atoms with Crippen molar-refractivity contribution in [3.05, 3.63) is 12.2 Å². The monoisotopic (exact) mass is 1740 g/mol. The molecule has 2 saturated heterocycles. The van der Waals surface area contributed by atoms with Crippen molar-refractivity contribution >= 4 is 31.7 Å². The van der Waals surface area contributed by atoms with Crippen molar-refractivity contribution in [3.8, 4) is 0 Å². The number of carbonyl (C=O) groups excluding carboxylic acids is 4. The van der Waals surface area contributed by atoms with E-state index in [-0.39, 0.29) is 25.7 Å². The number of hydrogen-bond donors (Lipinski definition) is 10. The van der Waals surface area contributed by atoms with E-state index in [0.29, 0.717) is 44.4 Å². The van der Waals surface area contributed by atoms with Crippen LogP contribution in [0.15, 0.2) is 12.2 Å². The first-order chi connectivity index (χ1) is 58.1. The number of hydrogen-bond acceptors (Lipinski definition) is 24. The van der Waals surface area contributed by atoms with Crippen LogP contribution in [0.1, 0.15) is 426 Å². The van der Waals surface area contributed by atoms with Crippen LogP contribution in [-0.4, -0.2) is 205 Å². The molecule has 1 saturated carbocycles. The summed E-state index contributed by atoms with van der Waals surface area (Å²) < 4.78 is 73.6.